The van der Waals surface area contributed by atoms with Crippen LogP contribution < -0.4 is 5.32 Å². The molecular weight excluding hydrogens is 232 g/mol. The molecule has 0 radical (unpaired) electrons. The van der Waals surface area contributed by atoms with E-state index in [9.17, 15) is 0 Å². The summed E-state index contributed by atoms with van der Waals surface area (Å²) in [5, 5.41) is 3.41. The molecule has 1 fully saturated rings. The van der Waals surface area contributed by atoms with Gasteiger partial charge in [0.1, 0.15) is 0 Å². The highest BCUT2D eigenvalue weighted by Crippen LogP contribution is 2.34. The molecule has 0 saturated carbocycles. The number of nitrogens with one attached hydrogen (secondary N) is 1. The maximum atomic E-state index is 3.41. The maximum absolute atomic E-state index is 3.41. The summed E-state index contributed by atoms with van der Waals surface area (Å²) < 4.78 is 0. The third-order valence-electron chi connectivity index (χ3n) is 4.59. The van der Waals surface area contributed by atoms with Crippen molar-refractivity contribution in [3.05, 3.63) is 34.9 Å². The number of nitrogens with zero attached hydrogens (tertiary/aromatic N) is 1. The maximum Gasteiger partial charge on any atom is 0.00199 e. The van der Waals surface area contributed by atoms with Crippen molar-refractivity contribution < 1.29 is 0 Å². The van der Waals surface area contributed by atoms with Crippen molar-refractivity contribution in [3.8, 4) is 0 Å². The van der Waals surface area contributed by atoms with Crippen LogP contribution in [-0.4, -0.2) is 38.6 Å². The van der Waals surface area contributed by atoms with Crippen molar-refractivity contribution in [2.24, 2.45) is 5.92 Å². The highest BCUT2D eigenvalue weighted by molar-refractivity contribution is 5.34. The quantitative estimate of drug-likeness (QED) is 0.895. The molecule has 0 spiro atoms. The first-order valence-electron chi connectivity index (χ1n) is 7.52. The van der Waals surface area contributed by atoms with E-state index >= 15 is 0 Å². The predicted molar refractivity (Wildman–Crippen MR) is 82.8 cm³/mol. The van der Waals surface area contributed by atoms with E-state index < -0.39 is 0 Å². The first kappa shape index (κ1) is 14.5. The Bertz CT molecular complexity index is 406. The Hall–Kier alpha value is -0.860. The van der Waals surface area contributed by atoms with Gasteiger partial charge in [-0.3, -0.25) is 0 Å². The van der Waals surface area contributed by atoms with Gasteiger partial charge in [0.05, 0.1) is 0 Å². The number of hydrogen-bond acceptors (Lipinski definition) is 2. The van der Waals surface area contributed by atoms with E-state index in [1.165, 1.54) is 37.1 Å². The SMILES string of the molecule is CNCC(c1cc(C)ccc1C)C1CCN(C)CC1. The summed E-state index contributed by atoms with van der Waals surface area (Å²) in [4.78, 5) is 2.45. The van der Waals surface area contributed by atoms with E-state index in [-0.39, 0.29) is 0 Å². The van der Waals surface area contributed by atoms with Crippen LogP contribution in [0.1, 0.15) is 35.4 Å². The van der Waals surface area contributed by atoms with Gasteiger partial charge in [-0.15, -0.1) is 0 Å². The molecule has 19 heavy (non-hydrogen) atoms. The second-order valence-corrected chi connectivity index (χ2v) is 6.16. The molecule has 1 aliphatic heterocycles. The Morgan fingerprint density at radius 3 is 2.58 bits per heavy atom. The third-order valence-corrected chi connectivity index (χ3v) is 4.59. The molecule has 1 aromatic rings. The molecular formula is C17H28N2. The number of rotatable bonds is 4. The van der Waals surface area contributed by atoms with Gasteiger partial charge in [0.25, 0.3) is 0 Å². The summed E-state index contributed by atoms with van der Waals surface area (Å²) in [5.74, 6) is 1.49. The molecule has 1 saturated heterocycles. The lowest BCUT2D eigenvalue weighted by atomic mass is 9.78. The van der Waals surface area contributed by atoms with E-state index in [1.54, 1.807) is 5.56 Å². The Kier molecular flexibility index (Phi) is 5.00. The smallest absolute Gasteiger partial charge is 0.00199 e. The van der Waals surface area contributed by atoms with Gasteiger partial charge in [-0.25, -0.2) is 0 Å². The Morgan fingerprint density at radius 1 is 1.26 bits per heavy atom. The van der Waals surface area contributed by atoms with Crippen LogP contribution >= 0.6 is 0 Å². The van der Waals surface area contributed by atoms with Crippen LogP contribution in [0, 0.1) is 19.8 Å². The van der Waals surface area contributed by atoms with Crippen LogP contribution in [0.4, 0.5) is 0 Å². The molecule has 1 heterocycles. The second-order valence-electron chi connectivity index (χ2n) is 6.16. The number of aryl methyl sites for hydroxylation is 2. The topological polar surface area (TPSA) is 15.3 Å². The summed E-state index contributed by atoms with van der Waals surface area (Å²) in [5.41, 5.74) is 4.39. The largest absolute Gasteiger partial charge is 0.319 e. The van der Waals surface area contributed by atoms with Gasteiger partial charge >= 0.3 is 0 Å². The van der Waals surface area contributed by atoms with E-state index in [1.807, 2.05) is 0 Å². The van der Waals surface area contributed by atoms with Crippen molar-refractivity contribution in [2.75, 3.05) is 33.7 Å². The standard InChI is InChI=1S/C17H28N2/c1-13-5-6-14(2)16(11-13)17(12-18-3)15-7-9-19(4)10-8-15/h5-6,11,15,17-18H,7-10,12H2,1-4H3. The fourth-order valence-corrected chi connectivity index (χ4v) is 3.34. The first-order chi connectivity index (χ1) is 9.11. The van der Waals surface area contributed by atoms with E-state index in [2.05, 4.69) is 56.4 Å². The second kappa shape index (κ2) is 6.53. The van der Waals surface area contributed by atoms with Crippen molar-refractivity contribution in [2.45, 2.75) is 32.6 Å². The average molecular weight is 260 g/mol. The van der Waals surface area contributed by atoms with Crippen LogP contribution in [0.3, 0.4) is 0 Å². The number of piperidine rings is 1. The highest BCUT2D eigenvalue weighted by atomic mass is 15.1. The normalized spacial score (nSPS) is 19.6. The number of benzene rings is 1. The number of likely N-dealkylation sites (N-methyl/N-ethyl adjacent to an activating group) is 1. The number of hydrogen-bond donors (Lipinski definition) is 1. The van der Waals surface area contributed by atoms with Crippen molar-refractivity contribution >= 4 is 0 Å². The molecule has 1 unspecified atom stereocenters. The molecule has 0 bridgehead atoms. The molecule has 106 valence electrons. The van der Waals surface area contributed by atoms with Gasteiger partial charge < -0.3 is 10.2 Å². The monoisotopic (exact) mass is 260 g/mol. The summed E-state index contributed by atoms with van der Waals surface area (Å²) >= 11 is 0. The molecule has 1 atom stereocenters. The zero-order chi connectivity index (χ0) is 13.8. The van der Waals surface area contributed by atoms with Crippen molar-refractivity contribution in [1.29, 1.82) is 0 Å². The molecule has 2 rings (SSSR count). The minimum Gasteiger partial charge on any atom is -0.319 e. The molecule has 0 aromatic heterocycles. The zero-order valence-corrected chi connectivity index (χ0v) is 12.9. The Labute approximate surface area is 118 Å². The molecule has 0 aliphatic carbocycles. The van der Waals surface area contributed by atoms with E-state index in [0.29, 0.717) is 5.92 Å². The summed E-state index contributed by atoms with van der Waals surface area (Å²) in [7, 11) is 4.31. The van der Waals surface area contributed by atoms with E-state index in [4.69, 9.17) is 0 Å². The number of likely N-dealkylation sites (tertiary alicyclic amines) is 1. The van der Waals surface area contributed by atoms with Crippen molar-refractivity contribution in [1.82, 2.24) is 10.2 Å². The van der Waals surface area contributed by atoms with Crippen LogP contribution in [-0.2, 0) is 0 Å². The molecule has 1 aliphatic rings. The Morgan fingerprint density at radius 2 is 1.95 bits per heavy atom. The van der Waals surface area contributed by atoms with Gasteiger partial charge in [0, 0.05) is 6.54 Å². The van der Waals surface area contributed by atoms with Gasteiger partial charge in [-0.2, -0.15) is 0 Å². The molecule has 0 amide bonds. The van der Waals surface area contributed by atoms with Gasteiger partial charge in [0.15, 0.2) is 0 Å². The third kappa shape index (κ3) is 3.58. The summed E-state index contributed by atoms with van der Waals surface area (Å²) in [6, 6.07) is 6.90. The molecule has 1 N–H and O–H groups in total. The molecule has 1 aromatic carbocycles. The van der Waals surface area contributed by atoms with Gasteiger partial charge in [0.2, 0.25) is 0 Å². The predicted octanol–water partition coefficient (Wildman–Crippen LogP) is 2.95. The minimum atomic E-state index is 0.665. The van der Waals surface area contributed by atoms with Crippen molar-refractivity contribution in [3.63, 3.8) is 0 Å². The van der Waals surface area contributed by atoms with Crippen LogP contribution in [0.5, 0.6) is 0 Å². The zero-order valence-electron chi connectivity index (χ0n) is 12.9. The Balaban J connectivity index is 2.21. The summed E-state index contributed by atoms with van der Waals surface area (Å²) in [6.07, 6.45) is 2.66. The fraction of sp³-hybridized carbons (Fsp3) is 0.647. The van der Waals surface area contributed by atoms with E-state index in [0.717, 1.165) is 12.5 Å². The highest BCUT2D eigenvalue weighted by Gasteiger charge is 2.27. The summed E-state index contributed by atoms with van der Waals surface area (Å²) in [6.45, 7) is 8.05. The fourth-order valence-electron chi connectivity index (χ4n) is 3.34. The van der Waals surface area contributed by atoms with Crippen LogP contribution in [0.2, 0.25) is 0 Å². The van der Waals surface area contributed by atoms with Gasteiger partial charge in [-0.1, -0.05) is 23.8 Å². The minimum absolute atomic E-state index is 0.665. The van der Waals surface area contributed by atoms with Crippen LogP contribution in [0.15, 0.2) is 18.2 Å². The lowest BCUT2D eigenvalue weighted by Crippen LogP contribution is -2.35. The molecule has 2 nitrogen and oxygen atoms in total. The first-order valence-corrected chi connectivity index (χ1v) is 7.52. The average Bonchev–Trinajstić information content (AvgIpc) is 2.40. The van der Waals surface area contributed by atoms with Gasteiger partial charge in [-0.05, 0) is 76.8 Å². The van der Waals surface area contributed by atoms with Crippen LogP contribution in [0.25, 0.3) is 0 Å². The molecule has 2 heteroatoms. The lowest BCUT2D eigenvalue weighted by molar-refractivity contribution is 0.196. The lowest BCUT2D eigenvalue weighted by Gasteiger charge is -2.35.